The minimum atomic E-state index is -0.116. The van der Waals surface area contributed by atoms with Crippen LogP contribution in [0.3, 0.4) is 0 Å². The molecule has 1 amide bonds. The molecule has 5 heteroatoms. The molecule has 6 rings (SSSR count). The predicted molar refractivity (Wildman–Crippen MR) is 152 cm³/mol. The maximum Gasteiger partial charge on any atom is 0.264 e. The van der Waals surface area contributed by atoms with Crippen LogP contribution < -0.4 is 5.32 Å². The molecule has 0 bridgehead atoms. The fourth-order valence-electron chi connectivity index (χ4n) is 4.68. The summed E-state index contributed by atoms with van der Waals surface area (Å²) in [4.78, 5) is 18.0. The van der Waals surface area contributed by atoms with Gasteiger partial charge in [0.1, 0.15) is 0 Å². The molecule has 1 N–H and O–H groups in total. The van der Waals surface area contributed by atoms with Gasteiger partial charge in [-0.05, 0) is 64.4 Å². The molecule has 5 aromatic rings. The Morgan fingerprint density at radius 2 is 1.64 bits per heavy atom. The number of para-hydroxylation sites is 1. The first-order valence-electron chi connectivity index (χ1n) is 12.1. The molecule has 4 nitrogen and oxygen atoms in total. The van der Waals surface area contributed by atoms with E-state index >= 15 is 0 Å². The zero-order valence-electron chi connectivity index (χ0n) is 19.9. The maximum atomic E-state index is 12.8. The monoisotopic (exact) mass is 487 g/mol. The van der Waals surface area contributed by atoms with E-state index in [4.69, 9.17) is 0 Å². The number of aliphatic imine (C=N–C) groups is 1. The van der Waals surface area contributed by atoms with Crippen LogP contribution in [0, 0.1) is 0 Å². The lowest BCUT2D eigenvalue weighted by atomic mass is 10.0. The van der Waals surface area contributed by atoms with Crippen LogP contribution in [0.5, 0.6) is 0 Å². The molecule has 36 heavy (non-hydrogen) atoms. The number of benzene rings is 4. The summed E-state index contributed by atoms with van der Waals surface area (Å²) in [5, 5.41) is 7.15. The first kappa shape index (κ1) is 22.4. The highest BCUT2D eigenvalue weighted by molar-refractivity contribution is 8.18. The summed E-state index contributed by atoms with van der Waals surface area (Å²) in [6.07, 6.45) is 5.11. The van der Waals surface area contributed by atoms with Crippen LogP contribution in [-0.2, 0) is 17.8 Å². The molecular formula is C31H25N3OS. The molecule has 0 atom stereocenters. The Morgan fingerprint density at radius 3 is 2.47 bits per heavy atom. The Labute approximate surface area is 214 Å². The average molecular weight is 488 g/mol. The van der Waals surface area contributed by atoms with Gasteiger partial charge >= 0.3 is 0 Å². The van der Waals surface area contributed by atoms with Crippen molar-refractivity contribution in [2.75, 3.05) is 0 Å². The van der Waals surface area contributed by atoms with E-state index in [0.29, 0.717) is 10.1 Å². The predicted octanol–water partition coefficient (Wildman–Crippen LogP) is 7.30. The fraction of sp³-hybridized carbons (Fsp3) is 0.0968. The second kappa shape index (κ2) is 9.51. The lowest BCUT2D eigenvalue weighted by Gasteiger charge is -2.09. The van der Waals surface area contributed by atoms with E-state index in [1.807, 2.05) is 24.3 Å². The van der Waals surface area contributed by atoms with Crippen molar-refractivity contribution in [3.63, 3.8) is 0 Å². The highest BCUT2D eigenvalue weighted by Crippen LogP contribution is 2.32. The zero-order chi connectivity index (χ0) is 24.5. The Hall–Kier alpha value is -4.09. The van der Waals surface area contributed by atoms with Gasteiger partial charge in [0, 0.05) is 29.2 Å². The number of nitrogens with zero attached hydrogens (tertiary/aromatic N) is 2. The molecule has 0 unspecified atom stereocenters. The number of fused-ring (bicyclic) bond motifs is 2. The van der Waals surface area contributed by atoms with Gasteiger partial charge in [0.05, 0.1) is 10.6 Å². The van der Waals surface area contributed by atoms with E-state index in [9.17, 15) is 4.79 Å². The van der Waals surface area contributed by atoms with Crippen LogP contribution >= 0.6 is 11.8 Å². The summed E-state index contributed by atoms with van der Waals surface area (Å²) in [6, 6.07) is 31.4. The quantitative estimate of drug-likeness (QED) is 0.265. The molecule has 2 heterocycles. The number of aryl methyl sites for hydroxylation is 1. The van der Waals surface area contributed by atoms with Crippen LogP contribution in [0.1, 0.15) is 23.6 Å². The van der Waals surface area contributed by atoms with Crippen molar-refractivity contribution in [2.45, 2.75) is 19.9 Å². The van der Waals surface area contributed by atoms with E-state index in [1.54, 1.807) is 0 Å². The van der Waals surface area contributed by atoms with Gasteiger partial charge in [-0.2, -0.15) is 0 Å². The molecule has 0 radical (unpaired) electrons. The summed E-state index contributed by atoms with van der Waals surface area (Å²) in [5.74, 6) is -0.116. The Kier molecular flexibility index (Phi) is 5.91. The molecule has 1 aromatic heterocycles. The molecule has 1 aliphatic rings. The lowest BCUT2D eigenvalue weighted by molar-refractivity contribution is -0.115. The van der Waals surface area contributed by atoms with Gasteiger partial charge in [0.15, 0.2) is 5.17 Å². The number of nitrogens with one attached hydrogen (secondary N) is 1. The zero-order valence-corrected chi connectivity index (χ0v) is 20.8. The summed E-state index contributed by atoms with van der Waals surface area (Å²) >= 11 is 1.38. The second-order valence-electron chi connectivity index (χ2n) is 8.87. The molecule has 1 aliphatic heterocycles. The number of aromatic nitrogens is 1. The van der Waals surface area contributed by atoms with E-state index in [1.165, 1.54) is 33.7 Å². The van der Waals surface area contributed by atoms with Crippen LogP contribution in [0.25, 0.3) is 27.8 Å². The number of carbonyl (C=O) groups excluding carboxylic acids is 1. The average Bonchev–Trinajstić information content (AvgIpc) is 3.44. The highest BCUT2D eigenvalue weighted by atomic mass is 32.2. The number of rotatable bonds is 5. The van der Waals surface area contributed by atoms with Gasteiger partial charge in [-0.3, -0.25) is 4.79 Å². The molecule has 0 aliphatic carbocycles. The Balaban J connectivity index is 1.33. The highest BCUT2D eigenvalue weighted by Gasteiger charge is 2.24. The van der Waals surface area contributed by atoms with E-state index in [-0.39, 0.29) is 5.91 Å². The van der Waals surface area contributed by atoms with E-state index in [0.717, 1.165) is 35.1 Å². The summed E-state index contributed by atoms with van der Waals surface area (Å²) < 4.78 is 2.27. The Morgan fingerprint density at radius 1 is 0.889 bits per heavy atom. The number of hydrogen-bond donors (Lipinski definition) is 1. The number of thioether (sulfide) groups is 1. The van der Waals surface area contributed by atoms with E-state index < -0.39 is 0 Å². The van der Waals surface area contributed by atoms with Crippen LogP contribution in [-0.4, -0.2) is 15.6 Å². The summed E-state index contributed by atoms with van der Waals surface area (Å²) in [5.41, 5.74) is 5.54. The largest absolute Gasteiger partial charge is 0.342 e. The van der Waals surface area contributed by atoms with Crippen molar-refractivity contribution in [3.8, 4) is 0 Å². The van der Waals surface area contributed by atoms with Gasteiger partial charge in [-0.15, -0.1) is 0 Å². The van der Waals surface area contributed by atoms with Crippen molar-refractivity contribution in [3.05, 3.63) is 119 Å². The van der Waals surface area contributed by atoms with Gasteiger partial charge in [0.2, 0.25) is 0 Å². The van der Waals surface area contributed by atoms with E-state index in [2.05, 4.69) is 101 Å². The standard InChI is InChI=1S/C31H25N3OS/c1-2-21-14-16-25(17-15-21)32-31-33-30(35)29(36-31)18-24-20-34(28-13-6-5-12-27(24)28)19-23-10-7-9-22-8-3-4-11-26(22)23/h3-18,20H,2,19H2,1H3,(H,32,33,35)/b29-18-. The topological polar surface area (TPSA) is 46.4 Å². The van der Waals surface area contributed by atoms with Crippen LogP contribution in [0.2, 0.25) is 0 Å². The third kappa shape index (κ3) is 4.34. The molecular weight excluding hydrogens is 462 g/mol. The van der Waals surface area contributed by atoms with Crippen LogP contribution in [0.4, 0.5) is 5.69 Å². The van der Waals surface area contributed by atoms with Crippen molar-refractivity contribution in [1.82, 2.24) is 9.88 Å². The molecule has 176 valence electrons. The molecule has 1 saturated heterocycles. The lowest BCUT2D eigenvalue weighted by Crippen LogP contribution is -2.19. The molecule has 0 saturated carbocycles. The minimum absolute atomic E-state index is 0.116. The number of amidine groups is 1. The molecule has 4 aromatic carbocycles. The minimum Gasteiger partial charge on any atom is -0.342 e. The molecule has 1 fully saturated rings. The van der Waals surface area contributed by atoms with Gasteiger partial charge in [0.25, 0.3) is 5.91 Å². The first-order valence-corrected chi connectivity index (χ1v) is 12.9. The fourth-order valence-corrected chi connectivity index (χ4v) is 5.51. The normalized spacial score (nSPS) is 15.9. The smallest absolute Gasteiger partial charge is 0.264 e. The van der Waals surface area contributed by atoms with Crippen molar-refractivity contribution < 1.29 is 4.79 Å². The second-order valence-corrected chi connectivity index (χ2v) is 9.90. The number of hydrogen-bond acceptors (Lipinski definition) is 3. The third-order valence-corrected chi connectivity index (χ3v) is 7.46. The number of amides is 1. The van der Waals surface area contributed by atoms with Gasteiger partial charge in [-0.1, -0.05) is 79.7 Å². The Bertz CT molecular complexity index is 1660. The van der Waals surface area contributed by atoms with Crippen LogP contribution in [0.15, 0.2) is 107 Å². The SMILES string of the molecule is CCc1ccc(N=C2NC(=O)/C(=C/c3cn(Cc4cccc5ccccc45)c4ccccc34)S2)cc1. The van der Waals surface area contributed by atoms with Gasteiger partial charge < -0.3 is 9.88 Å². The number of carbonyl (C=O) groups is 1. The summed E-state index contributed by atoms with van der Waals surface area (Å²) in [6.45, 7) is 2.88. The third-order valence-electron chi connectivity index (χ3n) is 6.55. The van der Waals surface area contributed by atoms with Crippen molar-refractivity contribution >= 4 is 56.3 Å². The summed E-state index contributed by atoms with van der Waals surface area (Å²) in [7, 11) is 0. The molecule has 0 spiro atoms. The van der Waals surface area contributed by atoms with Crippen molar-refractivity contribution in [2.24, 2.45) is 4.99 Å². The maximum absolute atomic E-state index is 12.8. The van der Waals surface area contributed by atoms with Gasteiger partial charge in [-0.25, -0.2) is 4.99 Å². The first-order chi connectivity index (χ1) is 17.7. The van der Waals surface area contributed by atoms with Crippen molar-refractivity contribution in [1.29, 1.82) is 0 Å².